The Balaban J connectivity index is 1.45. The number of likely N-dealkylation sites (tertiary alicyclic amines) is 1. The van der Waals surface area contributed by atoms with Crippen LogP contribution in [-0.2, 0) is 11.2 Å². The van der Waals surface area contributed by atoms with Crippen molar-refractivity contribution >= 4 is 17.0 Å². The Morgan fingerprint density at radius 2 is 1.84 bits per heavy atom. The van der Waals surface area contributed by atoms with Crippen molar-refractivity contribution in [1.82, 2.24) is 20.2 Å². The highest BCUT2D eigenvalue weighted by Crippen LogP contribution is 2.36. The van der Waals surface area contributed by atoms with Gasteiger partial charge in [0.25, 0.3) is 0 Å². The van der Waals surface area contributed by atoms with Gasteiger partial charge in [0.1, 0.15) is 5.60 Å². The molecule has 37 heavy (non-hydrogen) atoms. The van der Waals surface area contributed by atoms with Crippen molar-refractivity contribution in [1.29, 1.82) is 0 Å². The summed E-state index contributed by atoms with van der Waals surface area (Å²) >= 11 is 0. The number of nitrogens with zero attached hydrogens (tertiary/aromatic N) is 2. The lowest BCUT2D eigenvalue weighted by Gasteiger charge is -2.32. The van der Waals surface area contributed by atoms with Gasteiger partial charge < -0.3 is 19.9 Å². The van der Waals surface area contributed by atoms with Crippen molar-refractivity contribution in [3.8, 4) is 11.3 Å². The molecule has 1 aliphatic heterocycles. The van der Waals surface area contributed by atoms with Crippen LogP contribution in [0.2, 0.25) is 0 Å². The number of piperidine rings is 1. The fourth-order valence-electron chi connectivity index (χ4n) is 5.23. The Labute approximate surface area is 217 Å². The fourth-order valence-corrected chi connectivity index (χ4v) is 5.23. The standard InChI is InChI=1S/C29H38F2N4O2/c1-18-14-22(15-19(2)33-18)27-24(17-26(30)31)23-16-21(6-7-25(23)34-27)20-8-11-35(12-9-20)13-10-32-28(36)37-29(3,4)5/h6-7,14-16,20,26,34H,8-13,17H2,1-5H3,(H,32,36). The number of carbonyl (C=O) groups excluding carboxylic acids is 1. The van der Waals surface area contributed by atoms with Crippen LogP contribution in [0.25, 0.3) is 22.2 Å². The SMILES string of the molecule is Cc1cc(-c2[nH]c3ccc(C4CCN(CCNC(=O)OC(C)(C)C)CC4)cc3c2CC(F)F)cc(C)n1. The number of nitrogens with one attached hydrogen (secondary N) is 2. The number of pyridine rings is 1. The highest BCUT2D eigenvalue weighted by Gasteiger charge is 2.23. The second kappa shape index (κ2) is 11.2. The lowest BCUT2D eigenvalue weighted by molar-refractivity contribution is 0.0520. The first-order valence-electron chi connectivity index (χ1n) is 13.1. The molecule has 1 aliphatic rings. The van der Waals surface area contributed by atoms with Crippen molar-refractivity contribution in [2.45, 2.75) is 71.8 Å². The number of amides is 1. The molecule has 6 nitrogen and oxygen atoms in total. The maximum absolute atomic E-state index is 13.6. The number of aromatic amines is 1. The van der Waals surface area contributed by atoms with E-state index in [0.717, 1.165) is 66.0 Å². The Bertz CT molecular complexity index is 1220. The number of carbonyl (C=O) groups is 1. The minimum Gasteiger partial charge on any atom is -0.444 e. The van der Waals surface area contributed by atoms with E-state index in [9.17, 15) is 13.6 Å². The zero-order valence-electron chi connectivity index (χ0n) is 22.5. The quantitative estimate of drug-likeness (QED) is 0.387. The Morgan fingerprint density at radius 3 is 2.46 bits per heavy atom. The molecule has 0 bridgehead atoms. The van der Waals surface area contributed by atoms with Gasteiger partial charge in [-0.05, 0) is 102 Å². The first kappa shape index (κ1) is 27.0. The van der Waals surface area contributed by atoms with E-state index in [-0.39, 0.29) is 6.42 Å². The predicted octanol–water partition coefficient (Wildman–Crippen LogP) is 6.36. The van der Waals surface area contributed by atoms with Crippen LogP contribution in [0.15, 0.2) is 30.3 Å². The number of alkyl halides is 2. The summed E-state index contributed by atoms with van der Waals surface area (Å²) < 4.78 is 32.6. The monoisotopic (exact) mass is 512 g/mol. The van der Waals surface area contributed by atoms with E-state index >= 15 is 0 Å². The largest absolute Gasteiger partial charge is 0.444 e. The second-order valence-electron chi connectivity index (χ2n) is 11.1. The second-order valence-corrected chi connectivity index (χ2v) is 11.1. The van der Waals surface area contributed by atoms with Crippen molar-refractivity contribution < 1.29 is 18.3 Å². The maximum atomic E-state index is 13.6. The van der Waals surface area contributed by atoms with E-state index in [1.165, 1.54) is 5.56 Å². The van der Waals surface area contributed by atoms with Crippen LogP contribution in [0.1, 0.15) is 62.0 Å². The third-order valence-corrected chi connectivity index (χ3v) is 6.81. The highest BCUT2D eigenvalue weighted by atomic mass is 19.3. The van der Waals surface area contributed by atoms with E-state index in [1.54, 1.807) is 0 Å². The number of benzene rings is 1. The average Bonchev–Trinajstić information content (AvgIpc) is 3.15. The summed E-state index contributed by atoms with van der Waals surface area (Å²) in [6, 6.07) is 10.2. The van der Waals surface area contributed by atoms with Crippen LogP contribution in [0.5, 0.6) is 0 Å². The van der Waals surface area contributed by atoms with Crippen LogP contribution >= 0.6 is 0 Å². The fraction of sp³-hybridized carbons (Fsp3) is 0.517. The minimum atomic E-state index is -2.43. The summed E-state index contributed by atoms with van der Waals surface area (Å²) in [5, 5.41) is 3.70. The summed E-state index contributed by atoms with van der Waals surface area (Å²) in [5.41, 5.74) is 5.63. The van der Waals surface area contributed by atoms with Crippen molar-refractivity contribution in [2.75, 3.05) is 26.2 Å². The molecule has 200 valence electrons. The number of fused-ring (bicyclic) bond motifs is 1. The van der Waals surface area contributed by atoms with E-state index in [4.69, 9.17) is 4.74 Å². The molecule has 0 atom stereocenters. The van der Waals surface area contributed by atoms with Gasteiger partial charge in [0.05, 0.1) is 5.69 Å². The lowest BCUT2D eigenvalue weighted by Crippen LogP contribution is -2.40. The van der Waals surface area contributed by atoms with Gasteiger partial charge in [-0.15, -0.1) is 0 Å². The lowest BCUT2D eigenvalue weighted by atomic mass is 9.88. The minimum absolute atomic E-state index is 0.289. The third-order valence-electron chi connectivity index (χ3n) is 6.81. The molecule has 1 amide bonds. The summed E-state index contributed by atoms with van der Waals surface area (Å²) in [6.07, 6.45) is -1.13. The Hall–Kier alpha value is -3.00. The van der Waals surface area contributed by atoms with Crippen LogP contribution in [0.4, 0.5) is 13.6 Å². The van der Waals surface area contributed by atoms with Gasteiger partial charge in [-0.2, -0.15) is 0 Å². The molecule has 2 aromatic heterocycles. The highest BCUT2D eigenvalue weighted by molar-refractivity contribution is 5.91. The zero-order chi connectivity index (χ0) is 26.7. The molecular formula is C29H38F2N4O2. The van der Waals surface area contributed by atoms with Crippen LogP contribution < -0.4 is 5.32 Å². The van der Waals surface area contributed by atoms with Crippen LogP contribution in [0.3, 0.4) is 0 Å². The number of rotatable bonds is 7. The number of aryl methyl sites for hydroxylation is 2. The first-order valence-corrected chi connectivity index (χ1v) is 13.1. The molecular weight excluding hydrogens is 474 g/mol. The third kappa shape index (κ3) is 7.06. The van der Waals surface area contributed by atoms with Crippen LogP contribution in [-0.4, -0.2) is 59.2 Å². The molecule has 4 rings (SSSR count). The van der Waals surface area contributed by atoms with Crippen molar-refractivity contribution in [3.05, 3.63) is 52.8 Å². The molecule has 3 heterocycles. The van der Waals surface area contributed by atoms with E-state index in [2.05, 4.69) is 32.3 Å². The average molecular weight is 513 g/mol. The van der Waals surface area contributed by atoms with Gasteiger partial charge in [-0.1, -0.05) is 6.07 Å². The Kier molecular flexibility index (Phi) is 8.17. The topological polar surface area (TPSA) is 70.2 Å². The van der Waals surface area contributed by atoms with Gasteiger partial charge in [-0.25, -0.2) is 13.6 Å². The number of hydrogen-bond donors (Lipinski definition) is 2. The van der Waals surface area contributed by atoms with Gasteiger partial charge in [0, 0.05) is 47.4 Å². The molecule has 8 heteroatoms. The molecule has 1 aromatic carbocycles. The number of aromatic nitrogens is 2. The van der Waals surface area contributed by atoms with Crippen molar-refractivity contribution in [2.24, 2.45) is 0 Å². The summed E-state index contributed by atoms with van der Waals surface area (Å²) in [5.74, 6) is 0.377. The molecule has 0 unspecified atom stereocenters. The molecule has 0 radical (unpaired) electrons. The predicted molar refractivity (Wildman–Crippen MR) is 143 cm³/mol. The maximum Gasteiger partial charge on any atom is 0.407 e. The van der Waals surface area contributed by atoms with Gasteiger partial charge >= 0.3 is 6.09 Å². The summed E-state index contributed by atoms with van der Waals surface area (Å²) in [7, 11) is 0. The van der Waals surface area contributed by atoms with E-state index in [1.807, 2.05) is 52.8 Å². The normalized spacial score (nSPS) is 15.5. The summed E-state index contributed by atoms with van der Waals surface area (Å²) in [4.78, 5) is 22.0. The molecule has 0 spiro atoms. The van der Waals surface area contributed by atoms with Gasteiger partial charge in [0.2, 0.25) is 6.43 Å². The molecule has 0 saturated carbocycles. The first-order chi connectivity index (χ1) is 17.5. The molecule has 0 aliphatic carbocycles. The zero-order valence-corrected chi connectivity index (χ0v) is 22.5. The Morgan fingerprint density at radius 1 is 1.16 bits per heavy atom. The molecule has 3 aromatic rings. The van der Waals surface area contributed by atoms with Gasteiger partial charge in [0.15, 0.2) is 0 Å². The number of hydrogen-bond acceptors (Lipinski definition) is 4. The van der Waals surface area contributed by atoms with Crippen LogP contribution in [0, 0.1) is 13.8 Å². The molecule has 1 saturated heterocycles. The van der Waals surface area contributed by atoms with Gasteiger partial charge in [-0.3, -0.25) is 4.98 Å². The smallest absolute Gasteiger partial charge is 0.407 e. The molecule has 2 N–H and O–H groups in total. The number of halogens is 2. The van der Waals surface area contributed by atoms with E-state index in [0.29, 0.717) is 18.0 Å². The van der Waals surface area contributed by atoms with E-state index < -0.39 is 18.1 Å². The number of H-pyrrole nitrogens is 1. The number of ether oxygens (including phenoxy) is 1. The number of alkyl carbamates (subject to hydrolysis) is 1. The van der Waals surface area contributed by atoms with Crippen molar-refractivity contribution in [3.63, 3.8) is 0 Å². The summed E-state index contributed by atoms with van der Waals surface area (Å²) in [6.45, 7) is 12.6. The molecule has 1 fully saturated rings.